The molecule has 0 radical (unpaired) electrons. The van der Waals surface area contributed by atoms with Crippen LogP contribution in [-0.2, 0) is 11.2 Å². The van der Waals surface area contributed by atoms with Gasteiger partial charge in [-0.1, -0.05) is 12.1 Å². The molecule has 14 N–H and O–H groups in total. The van der Waals surface area contributed by atoms with Crippen molar-refractivity contribution in [2.75, 3.05) is 6.61 Å². The van der Waals surface area contributed by atoms with E-state index in [1.54, 1.807) is 0 Å². The van der Waals surface area contributed by atoms with E-state index in [1.807, 2.05) is 0 Å². The first kappa shape index (κ1) is 36.0. The first-order valence-electron chi connectivity index (χ1n) is 16.3. The predicted molar refractivity (Wildman–Crippen MR) is 176 cm³/mol. The van der Waals surface area contributed by atoms with Crippen molar-refractivity contribution < 1.29 is 85.7 Å². The normalized spacial score (nSPS) is 29.4. The van der Waals surface area contributed by atoms with Gasteiger partial charge in [-0.2, -0.15) is 0 Å². The van der Waals surface area contributed by atoms with Gasteiger partial charge in [-0.3, -0.25) is 0 Å². The quantitative estimate of drug-likeness (QED) is 0.124. The molecular formula is C36H36O17. The second kappa shape index (κ2) is 13.2. The van der Waals surface area contributed by atoms with Gasteiger partial charge in [-0.05, 0) is 35.4 Å². The van der Waals surface area contributed by atoms with E-state index in [1.165, 1.54) is 12.1 Å². The molecule has 4 aromatic rings. The number of phenols is 8. The summed E-state index contributed by atoms with van der Waals surface area (Å²) < 4.78 is 18.2. The molecule has 17 heteroatoms. The lowest BCUT2D eigenvalue weighted by Crippen LogP contribution is -2.55. The summed E-state index contributed by atoms with van der Waals surface area (Å²) in [5.74, 6) is -7.29. The number of benzene rings is 4. The number of aromatic hydroxyl groups is 8. The maximum absolute atomic E-state index is 12.2. The SMILES string of the molecule is OC[C@H]1O[C@@H](c2c(O)cc(O)c3c2O[C@H](c2ccc(O)c(O)c2)[C@H](O)[C@H]3c2c(O)cc(O)c3c2O[C@H](c2ccc(O)c(O)c2)[C@H](O)C3)[C@H](O)[C@@H](O)[C@@H]1O. The highest BCUT2D eigenvalue weighted by atomic mass is 16.6. The van der Waals surface area contributed by atoms with Crippen LogP contribution in [0, 0.1) is 0 Å². The molecular weight excluding hydrogens is 704 g/mol. The number of aliphatic hydroxyl groups is 6. The topological polar surface area (TPSA) is 311 Å². The molecule has 0 bridgehead atoms. The largest absolute Gasteiger partial charge is 0.507 e. The van der Waals surface area contributed by atoms with Crippen molar-refractivity contribution >= 4 is 0 Å². The molecule has 0 spiro atoms. The Bertz CT molecular complexity index is 2070. The van der Waals surface area contributed by atoms with Gasteiger partial charge in [0.05, 0.1) is 24.2 Å². The zero-order chi connectivity index (χ0) is 38.2. The Morgan fingerprint density at radius 2 is 1.02 bits per heavy atom. The second-order valence-electron chi connectivity index (χ2n) is 13.3. The fourth-order valence-electron chi connectivity index (χ4n) is 7.40. The Balaban J connectivity index is 1.48. The Labute approximate surface area is 298 Å². The number of phenolic OH excluding ortho intramolecular Hbond substituents is 8. The lowest BCUT2D eigenvalue weighted by atomic mass is 9.76. The van der Waals surface area contributed by atoms with Crippen LogP contribution in [0.5, 0.6) is 57.5 Å². The standard InChI is InChI=1S/C36H36O17/c37-10-23-28(47)30(49)31(50)36(51-23)26-21(45)9-20(44)25-27(29(48)33(53-35(25)26)12-2-4-15(39)18(42)6-12)24-19(43)8-16(40)13-7-22(46)32(52-34(13)24)11-1-3-14(38)17(41)5-11/h1-6,8-9,22-23,27-33,36-50H,7,10H2/t22-,23-,27+,28-,29-,30+,31-,32-,33-,36+/m1/s1. The third-order valence-electron chi connectivity index (χ3n) is 10.1. The molecule has 0 saturated carbocycles. The van der Waals surface area contributed by atoms with Gasteiger partial charge in [0.15, 0.2) is 29.1 Å². The number of hydrogen-bond donors (Lipinski definition) is 14. The summed E-state index contributed by atoms with van der Waals surface area (Å²) in [6.07, 6.45) is -15.3. The van der Waals surface area contributed by atoms with E-state index in [9.17, 15) is 71.5 Å². The fraction of sp³-hybridized carbons (Fsp3) is 0.333. The highest BCUT2D eigenvalue weighted by Gasteiger charge is 2.51. The van der Waals surface area contributed by atoms with Crippen LogP contribution in [0.25, 0.3) is 0 Å². The summed E-state index contributed by atoms with van der Waals surface area (Å²) >= 11 is 0. The second-order valence-corrected chi connectivity index (χ2v) is 13.3. The van der Waals surface area contributed by atoms with E-state index in [2.05, 4.69) is 0 Å². The van der Waals surface area contributed by atoms with E-state index < -0.39 is 125 Å². The summed E-state index contributed by atoms with van der Waals surface area (Å²) in [6, 6.07) is 8.76. The Morgan fingerprint density at radius 3 is 1.60 bits per heavy atom. The summed E-state index contributed by atoms with van der Waals surface area (Å²) in [5.41, 5.74) is -0.944. The van der Waals surface area contributed by atoms with E-state index in [-0.39, 0.29) is 40.0 Å². The zero-order valence-corrected chi connectivity index (χ0v) is 27.3. The van der Waals surface area contributed by atoms with Crippen LogP contribution in [0.4, 0.5) is 0 Å². The third kappa shape index (κ3) is 5.78. The Kier molecular flexibility index (Phi) is 8.98. The van der Waals surface area contributed by atoms with Crippen LogP contribution in [0.1, 0.15) is 57.6 Å². The summed E-state index contributed by atoms with van der Waals surface area (Å²) in [7, 11) is 0. The van der Waals surface area contributed by atoms with Crippen LogP contribution in [0.15, 0.2) is 48.5 Å². The first-order chi connectivity index (χ1) is 25.1. The highest BCUT2D eigenvalue weighted by molar-refractivity contribution is 5.68. The third-order valence-corrected chi connectivity index (χ3v) is 10.1. The van der Waals surface area contributed by atoms with Crippen molar-refractivity contribution in [3.8, 4) is 57.5 Å². The minimum Gasteiger partial charge on any atom is -0.507 e. The van der Waals surface area contributed by atoms with Gasteiger partial charge in [-0.15, -0.1) is 0 Å². The minimum atomic E-state index is -1.97. The zero-order valence-electron chi connectivity index (χ0n) is 27.3. The molecule has 0 aliphatic carbocycles. The summed E-state index contributed by atoms with van der Waals surface area (Å²) in [4.78, 5) is 0. The molecule has 4 aromatic carbocycles. The van der Waals surface area contributed by atoms with E-state index in [0.29, 0.717) is 0 Å². The first-order valence-corrected chi connectivity index (χ1v) is 16.3. The molecule has 10 atom stereocenters. The fourth-order valence-corrected chi connectivity index (χ4v) is 7.40. The molecule has 3 aliphatic heterocycles. The molecule has 53 heavy (non-hydrogen) atoms. The van der Waals surface area contributed by atoms with Gasteiger partial charge in [0.1, 0.15) is 77.2 Å². The van der Waals surface area contributed by atoms with Crippen molar-refractivity contribution in [1.29, 1.82) is 0 Å². The minimum absolute atomic E-state index is 0.00644. The number of ether oxygens (including phenoxy) is 3. The summed E-state index contributed by atoms with van der Waals surface area (Å²) in [5, 5.41) is 151. The molecule has 0 amide bonds. The number of aliphatic hydroxyl groups excluding tert-OH is 6. The number of rotatable bonds is 5. The van der Waals surface area contributed by atoms with Crippen molar-refractivity contribution in [2.45, 2.75) is 67.3 Å². The number of hydrogen-bond acceptors (Lipinski definition) is 17. The number of fused-ring (bicyclic) bond motifs is 2. The van der Waals surface area contributed by atoms with Crippen LogP contribution in [0.2, 0.25) is 0 Å². The maximum atomic E-state index is 12.2. The molecule has 3 heterocycles. The van der Waals surface area contributed by atoms with Crippen LogP contribution < -0.4 is 9.47 Å². The Morgan fingerprint density at radius 1 is 0.491 bits per heavy atom. The average molecular weight is 741 g/mol. The molecule has 7 rings (SSSR count). The van der Waals surface area contributed by atoms with E-state index >= 15 is 0 Å². The van der Waals surface area contributed by atoms with Crippen molar-refractivity contribution in [1.82, 2.24) is 0 Å². The smallest absolute Gasteiger partial charge is 0.157 e. The molecule has 1 saturated heterocycles. The van der Waals surface area contributed by atoms with Crippen molar-refractivity contribution in [3.05, 3.63) is 81.9 Å². The van der Waals surface area contributed by atoms with Gasteiger partial charge in [-0.25, -0.2) is 0 Å². The van der Waals surface area contributed by atoms with E-state index in [0.717, 1.165) is 36.4 Å². The highest BCUT2D eigenvalue weighted by Crippen LogP contribution is 2.60. The molecule has 0 unspecified atom stereocenters. The van der Waals surface area contributed by atoms with Gasteiger partial charge in [0, 0.05) is 35.2 Å². The van der Waals surface area contributed by atoms with Crippen LogP contribution in [-0.4, -0.2) is 115 Å². The van der Waals surface area contributed by atoms with Gasteiger partial charge < -0.3 is 85.7 Å². The lowest BCUT2D eigenvalue weighted by Gasteiger charge is -2.44. The van der Waals surface area contributed by atoms with E-state index in [4.69, 9.17) is 14.2 Å². The van der Waals surface area contributed by atoms with Gasteiger partial charge >= 0.3 is 0 Å². The van der Waals surface area contributed by atoms with Gasteiger partial charge in [0.2, 0.25) is 0 Å². The summed E-state index contributed by atoms with van der Waals surface area (Å²) in [6.45, 7) is -0.837. The molecule has 3 aliphatic rings. The lowest BCUT2D eigenvalue weighted by molar-refractivity contribution is -0.232. The van der Waals surface area contributed by atoms with Crippen LogP contribution in [0.3, 0.4) is 0 Å². The molecule has 0 aromatic heterocycles. The maximum Gasteiger partial charge on any atom is 0.157 e. The van der Waals surface area contributed by atoms with Gasteiger partial charge in [0.25, 0.3) is 0 Å². The van der Waals surface area contributed by atoms with Crippen molar-refractivity contribution in [3.63, 3.8) is 0 Å². The Hall–Kier alpha value is -5.40. The van der Waals surface area contributed by atoms with Crippen molar-refractivity contribution in [2.24, 2.45) is 0 Å². The predicted octanol–water partition coefficient (Wildman–Crippen LogP) is 0.510. The molecule has 1 fully saturated rings. The molecule has 17 nitrogen and oxygen atoms in total. The van der Waals surface area contributed by atoms with Crippen LogP contribution >= 0.6 is 0 Å². The average Bonchev–Trinajstić information content (AvgIpc) is 3.11. The molecule has 282 valence electrons. The monoisotopic (exact) mass is 740 g/mol.